The van der Waals surface area contributed by atoms with Gasteiger partial charge in [0.15, 0.2) is 0 Å². The molecule has 0 aliphatic rings. The number of esters is 1. The summed E-state index contributed by atoms with van der Waals surface area (Å²) in [6.07, 6.45) is 3.10. The summed E-state index contributed by atoms with van der Waals surface area (Å²) in [6, 6.07) is 3.05. The van der Waals surface area contributed by atoms with Crippen LogP contribution >= 0.6 is 0 Å². The number of alkyl halides is 2. The molecule has 0 radical (unpaired) electrons. The van der Waals surface area contributed by atoms with Gasteiger partial charge in [0.2, 0.25) is 5.91 Å². The van der Waals surface area contributed by atoms with E-state index in [2.05, 4.69) is 21.8 Å². The first-order chi connectivity index (χ1) is 16.9. The third kappa shape index (κ3) is 11.2. The number of rotatable bonds is 16. The summed E-state index contributed by atoms with van der Waals surface area (Å²) in [6.45, 7) is 8.70. The molecular formula is C25H39F2N5O4. The van der Waals surface area contributed by atoms with E-state index in [1.165, 1.54) is 25.4 Å². The summed E-state index contributed by atoms with van der Waals surface area (Å²) in [5.41, 5.74) is 0.807. The van der Waals surface area contributed by atoms with E-state index >= 15 is 0 Å². The zero-order valence-corrected chi connectivity index (χ0v) is 21.9. The second-order valence-corrected chi connectivity index (χ2v) is 8.85. The number of aromatic nitrogens is 1. The number of pyridine rings is 1. The highest BCUT2D eigenvalue weighted by Gasteiger charge is 2.35. The van der Waals surface area contributed by atoms with Gasteiger partial charge in [-0.15, -0.1) is 0 Å². The first-order valence-electron chi connectivity index (χ1n) is 11.9. The molecule has 0 aliphatic carbocycles. The Kier molecular flexibility index (Phi) is 13.2. The van der Waals surface area contributed by atoms with Crippen molar-refractivity contribution < 1.29 is 27.9 Å². The Bertz CT molecular complexity index is 876. The quantitative estimate of drug-likeness (QED) is 0.269. The minimum Gasteiger partial charge on any atom is -0.454 e. The highest BCUT2D eigenvalue weighted by Crippen LogP contribution is 2.16. The van der Waals surface area contributed by atoms with Gasteiger partial charge in [-0.3, -0.25) is 14.6 Å². The number of nitrogens with zero attached hydrogens (tertiary/aromatic N) is 4. The number of ether oxygens (including phenoxy) is 1. The first kappa shape index (κ1) is 31.1. The van der Waals surface area contributed by atoms with Crippen molar-refractivity contribution in [2.24, 2.45) is 0 Å². The summed E-state index contributed by atoms with van der Waals surface area (Å²) < 4.78 is 31.8. The summed E-state index contributed by atoms with van der Waals surface area (Å²) in [5.74, 6) is -5.42. The number of hydrogen-bond donors (Lipinski definition) is 1. The lowest BCUT2D eigenvalue weighted by Crippen LogP contribution is -2.40. The van der Waals surface area contributed by atoms with Gasteiger partial charge in [-0.2, -0.15) is 8.78 Å². The standard InChI is InChI=1S/C25H39F2N5O4/c1-7-21(11-15-31(6)24(35)25(3,26)27)36-23(34)19-10-12-29-20(16-19)17-28-18-22(33)32(8-2)14-9-13-30(4)5/h7,10,12,16,21,28H,1,8-9,11,13-15,17-18H2,2-6H3. The van der Waals surface area contributed by atoms with Crippen LogP contribution in [0.4, 0.5) is 8.78 Å². The third-order valence-electron chi connectivity index (χ3n) is 5.39. The normalized spacial score (nSPS) is 12.2. The van der Waals surface area contributed by atoms with Crippen molar-refractivity contribution in [2.45, 2.75) is 45.3 Å². The molecule has 0 fully saturated rings. The SMILES string of the molecule is C=CC(CCN(C)C(=O)C(C)(F)F)OC(=O)c1ccnc(CNCC(=O)N(CC)CCCN(C)C)c1. The molecule has 1 N–H and O–H groups in total. The zero-order chi connectivity index (χ0) is 27.3. The maximum absolute atomic E-state index is 13.2. The second-order valence-electron chi connectivity index (χ2n) is 8.85. The van der Waals surface area contributed by atoms with E-state index in [9.17, 15) is 23.2 Å². The topological polar surface area (TPSA) is 95.1 Å². The zero-order valence-electron chi connectivity index (χ0n) is 21.9. The Morgan fingerprint density at radius 3 is 2.50 bits per heavy atom. The van der Waals surface area contributed by atoms with Crippen LogP contribution < -0.4 is 5.32 Å². The summed E-state index contributed by atoms with van der Waals surface area (Å²) in [4.78, 5) is 45.6. The van der Waals surface area contributed by atoms with E-state index in [1.807, 2.05) is 21.0 Å². The Labute approximate surface area is 212 Å². The number of likely N-dealkylation sites (N-methyl/N-ethyl adjacent to an activating group) is 1. The molecule has 1 aromatic rings. The van der Waals surface area contributed by atoms with Gasteiger partial charge in [-0.05, 0) is 46.1 Å². The van der Waals surface area contributed by atoms with Gasteiger partial charge in [0.05, 0.1) is 17.8 Å². The molecule has 1 aromatic heterocycles. The lowest BCUT2D eigenvalue weighted by Gasteiger charge is -2.23. The summed E-state index contributed by atoms with van der Waals surface area (Å²) in [5, 5.41) is 3.06. The van der Waals surface area contributed by atoms with Crippen LogP contribution in [0.3, 0.4) is 0 Å². The van der Waals surface area contributed by atoms with Crippen molar-refractivity contribution in [1.82, 2.24) is 25.0 Å². The minimum absolute atomic E-state index is 0.00932. The van der Waals surface area contributed by atoms with Crippen molar-refractivity contribution in [3.63, 3.8) is 0 Å². The van der Waals surface area contributed by atoms with Crippen LogP contribution in [0.15, 0.2) is 31.0 Å². The van der Waals surface area contributed by atoms with E-state index in [1.54, 1.807) is 11.0 Å². The van der Waals surface area contributed by atoms with Crippen LogP contribution in [0.5, 0.6) is 0 Å². The van der Waals surface area contributed by atoms with Crippen LogP contribution in [0.2, 0.25) is 0 Å². The van der Waals surface area contributed by atoms with Crippen LogP contribution in [0, 0.1) is 0 Å². The number of amides is 2. The predicted octanol–water partition coefficient (Wildman–Crippen LogP) is 2.19. The van der Waals surface area contributed by atoms with Gasteiger partial charge in [0, 0.05) is 52.8 Å². The van der Waals surface area contributed by atoms with Gasteiger partial charge in [-0.25, -0.2) is 4.79 Å². The van der Waals surface area contributed by atoms with Crippen LogP contribution in [0.1, 0.15) is 42.7 Å². The van der Waals surface area contributed by atoms with E-state index in [0.29, 0.717) is 25.7 Å². The van der Waals surface area contributed by atoms with Crippen molar-refractivity contribution in [1.29, 1.82) is 0 Å². The maximum atomic E-state index is 13.2. The smallest absolute Gasteiger partial charge is 0.338 e. The number of carbonyl (C=O) groups is 3. The van der Waals surface area contributed by atoms with Gasteiger partial charge in [-0.1, -0.05) is 12.7 Å². The molecule has 0 aromatic carbocycles. The molecule has 1 atom stereocenters. The molecule has 1 unspecified atom stereocenters. The maximum Gasteiger partial charge on any atom is 0.338 e. The van der Waals surface area contributed by atoms with Crippen LogP contribution in [-0.4, -0.2) is 103 Å². The molecule has 9 nitrogen and oxygen atoms in total. The molecule has 0 saturated carbocycles. The molecule has 202 valence electrons. The molecule has 1 heterocycles. The van der Waals surface area contributed by atoms with Gasteiger partial charge < -0.3 is 24.8 Å². The first-order valence-corrected chi connectivity index (χ1v) is 11.9. The predicted molar refractivity (Wildman–Crippen MR) is 134 cm³/mol. The molecule has 0 saturated heterocycles. The molecule has 1 rings (SSSR count). The van der Waals surface area contributed by atoms with Crippen LogP contribution in [-0.2, 0) is 20.9 Å². The number of halogens is 2. The molecule has 0 spiro atoms. The average molecular weight is 512 g/mol. The highest BCUT2D eigenvalue weighted by molar-refractivity contribution is 5.89. The van der Waals surface area contributed by atoms with E-state index in [4.69, 9.17) is 4.74 Å². The molecule has 11 heteroatoms. The number of hydrogen-bond acceptors (Lipinski definition) is 7. The van der Waals surface area contributed by atoms with Crippen molar-refractivity contribution in [2.75, 3.05) is 53.9 Å². The molecule has 2 amide bonds. The average Bonchev–Trinajstić information content (AvgIpc) is 2.82. The van der Waals surface area contributed by atoms with Crippen molar-refractivity contribution in [3.05, 3.63) is 42.2 Å². The lowest BCUT2D eigenvalue weighted by molar-refractivity contribution is -0.153. The van der Waals surface area contributed by atoms with Gasteiger partial charge >= 0.3 is 11.9 Å². The fourth-order valence-corrected chi connectivity index (χ4v) is 3.34. The largest absolute Gasteiger partial charge is 0.454 e. The fraction of sp³-hybridized carbons (Fsp3) is 0.600. The van der Waals surface area contributed by atoms with Crippen LogP contribution in [0.25, 0.3) is 0 Å². The molecule has 0 aliphatic heterocycles. The lowest BCUT2D eigenvalue weighted by atomic mass is 10.2. The molecular weight excluding hydrogens is 472 g/mol. The van der Waals surface area contributed by atoms with E-state index in [-0.39, 0.29) is 37.5 Å². The Morgan fingerprint density at radius 1 is 1.22 bits per heavy atom. The molecule has 36 heavy (non-hydrogen) atoms. The fourth-order valence-electron chi connectivity index (χ4n) is 3.34. The number of carbonyl (C=O) groups excluding carboxylic acids is 3. The molecule has 0 bridgehead atoms. The Hall–Kier alpha value is -2.92. The number of nitrogens with one attached hydrogen (secondary N) is 1. The Balaban J connectivity index is 2.58. The second kappa shape index (κ2) is 15.2. The summed E-state index contributed by atoms with van der Waals surface area (Å²) in [7, 11) is 5.25. The monoisotopic (exact) mass is 511 g/mol. The summed E-state index contributed by atoms with van der Waals surface area (Å²) >= 11 is 0. The van der Waals surface area contributed by atoms with E-state index in [0.717, 1.165) is 17.9 Å². The van der Waals surface area contributed by atoms with Crippen molar-refractivity contribution in [3.8, 4) is 0 Å². The minimum atomic E-state index is -3.47. The highest BCUT2D eigenvalue weighted by atomic mass is 19.3. The van der Waals surface area contributed by atoms with Gasteiger partial charge in [0.25, 0.3) is 5.91 Å². The Morgan fingerprint density at radius 2 is 1.92 bits per heavy atom. The third-order valence-corrected chi connectivity index (χ3v) is 5.39. The van der Waals surface area contributed by atoms with Gasteiger partial charge in [0.1, 0.15) is 6.10 Å². The van der Waals surface area contributed by atoms with Crippen molar-refractivity contribution >= 4 is 17.8 Å². The van der Waals surface area contributed by atoms with E-state index < -0.39 is 23.9 Å².